The second-order valence-corrected chi connectivity index (χ2v) is 10.7. The lowest BCUT2D eigenvalue weighted by molar-refractivity contribution is 0.104. The zero-order chi connectivity index (χ0) is 26.1. The number of hydrogen-bond acceptors (Lipinski definition) is 7. The first-order valence-corrected chi connectivity index (χ1v) is 13.8. The lowest BCUT2D eigenvalue weighted by Gasteiger charge is -2.21. The van der Waals surface area contributed by atoms with Crippen molar-refractivity contribution in [2.75, 3.05) is 6.61 Å². The molecule has 4 aromatic rings. The summed E-state index contributed by atoms with van der Waals surface area (Å²) in [6.07, 6.45) is -0.985. The zero-order valence-corrected chi connectivity index (χ0v) is 20.7. The molecule has 0 saturated carbocycles. The molecule has 0 bridgehead atoms. The Morgan fingerprint density at radius 1 is 0.722 bits per heavy atom. The van der Waals surface area contributed by atoms with Crippen molar-refractivity contribution in [2.45, 2.75) is 16.7 Å². The summed E-state index contributed by atoms with van der Waals surface area (Å²) in [5.41, 5.74) is 0.743. The van der Waals surface area contributed by atoms with Gasteiger partial charge in [-0.3, -0.25) is 0 Å². The Bertz CT molecular complexity index is 1670. The molecule has 0 spiro atoms. The topological polar surface area (TPSA) is 156 Å². The molecule has 0 aromatic heterocycles. The van der Waals surface area contributed by atoms with Crippen LogP contribution in [-0.4, -0.2) is 29.6 Å². The third-order valence-electron chi connectivity index (χ3n) is 5.34. The minimum Gasteiger partial charge on any atom is -0.434 e. The van der Waals surface area contributed by atoms with Crippen molar-refractivity contribution >= 4 is 37.0 Å². The van der Waals surface area contributed by atoms with Crippen LogP contribution in [0.5, 0.6) is 5.75 Å². The fourth-order valence-electron chi connectivity index (χ4n) is 4.06. The minimum absolute atomic E-state index is 0.0211. The maximum atomic E-state index is 13.1. The summed E-state index contributed by atoms with van der Waals surface area (Å²) in [7, 11) is -9.03. The Balaban J connectivity index is 2.28. The van der Waals surface area contributed by atoms with Gasteiger partial charge in [-0.15, -0.1) is 0 Å². The predicted molar refractivity (Wildman–Crippen MR) is 135 cm³/mol. The molecule has 9 nitrogen and oxygen atoms in total. The standard InChI is InChI=1S/C25H22N2O7S2/c1-2-33-25(28)34-18-13-14-19-20(15-18)23(35(26,29)30)22(17-11-7-4-8-12-17)24(36(27,31)32)21(19)16-9-5-3-6-10-16/h3-15H,2H2,1H3,(H2,26,29,30)(H2,27,31,32). The van der Waals surface area contributed by atoms with Gasteiger partial charge in [0, 0.05) is 16.5 Å². The smallest absolute Gasteiger partial charge is 0.434 e. The van der Waals surface area contributed by atoms with Gasteiger partial charge in [-0.05, 0) is 41.6 Å². The molecule has 0 aliphatic heterocycles. The van der Waals surface area contributed by atoms with Crippen LogP contribution in [0.4, 0.5) is 4.79 Å². The third-order valence-corrected chi connectivity index (χ3v) is 7.31. The molecule has 0 aliphatic carbocycles. The zero-order valence-electron chi connectivity index (χ0n) is 19.0. The first kappa shape index (κ1) is 25.3. The van der Waals surface area contributed by atoms with Gasteiger partial charge in [-0.2, -0.15) is 0 Å². The Labute approximate surface area is 208 Å². The first-order chi connectivity index (χ1) is 17.0. The van der Waals surface area contributed by atoms with Gasteiger partial charge in [0.1, 0.15) is 5.75 Å². The number of benzene rings is 4. The van der Waals surface area contributed by atoms with Crippen molar-refractivity contribution in [3.63, 3.8) is 0 Å². The summed E-state index contributed by atoms with van der Waals surface area (Å²) >= 11 is 0. The van der Waals surface area contributed by atoms with Crippen molar-refractivity contribution in [1.29, 1.82) is 0 Å². The summed E-state index contributed by atoms with van der Waals surface area (Å²) in [5, 5.41) is 11.7. The molecule has 0 radical (unpaired) electrons. The highest BCUT2D eigenvalue weighted by Gasteiger charge is 2.32. The van der Waals surface area contributed by atoms with Crippen LogP contribution in [0, 0.1) is 0 Å². The predicted octanol–water partition coefficient (Wildman–Crippen LogP) is 4.00. The van der Waals surface area contributed by atoms with E-state index in [1.807, 2.05) is 0 Å². The van der Waals surface area contributed by atoms with Crippen LogP contribution in [0.2, 0.25) is 0 Å². The normalized spacial score (nSPS) is 11.9. The van der Waals surface area contributed by atoms with E-state index in [9.17, 15) is 21.6 Å². The highest BCUT2D eigenvalue weighted by atomic mass is 32.2. The second kappa shape index (κ2) is 9.70. The molecule has 11 heteroatoms. The van der Waals surface area contributed by atoms with E-state index < -0.39 is 36.0 Å². The van der Waals surface area contributed by atoms with Crippen LogP contribution in [0.25, 0.3) is 33.0 Å². The number of ether oxygens (including phenoxy) is 2. The maximum Gasteiger partial charge on any atom is 0.513 e. The fraction of sp³-hybridized carbons (Fsp3) is 0.0800. The van der Waals surface area contributed by atoms with Crippen LogP contribution >= 0.6 is 0 Å². The Hall–Kier alpha value is -3.77. The fourth-order valence-corrected chi connectivity index (χ4v) is 6.12. The lowest BCUT2D eigenvalue weighted by atomic mass is 9.92. The number of carbonyl (C=O) groups is 1. The van der Waals surface area contributed by atoms with E-state index in [0.29, 0.717) is 5.56 Å². The van der Waals surface area contributed by atoms with E-state index in [4.69, 9.17) is 19.8 Å². The van der Waals surface area contributed by atoms with Gasteiger partial charge in [-0.25, -0.2) is 31.9 Å². The van der Waals surface area contributed by atoms with E-state index >= 15 is 0 Å². The van der Waals surface area contributed by atoms with E-state index in [-0.39, 0.29) is 39.8 Å². The molecule has 0 unspecified atom stereocenters. The molecular weight excluding hydrogens is 504 g/mol. The molecule has 0 heterocycles. The minimum atomic E-state index is -4.54. The summed E-state index contributed by atoms with van der Waals surface area (Å²) in [6, 6.07) is 20.7. The average Bonchev–Trinajstić information content (AvgIpc) is 2.82. The molecular formula is C25H22N2O7S2. The number of fused-ring (bicyclic) bond motifs is 1. The number of carbonyl (C=O) groups excluding carboxylic acids is 1. The van der Waals surface area contributed by atoms with E-state index in [1.165, 1.54) is 18.2 Å². The SMILES string of the molecule is CCOC(=O)Oc1ccc2c(-c3ccccc3)c(S(N)(=O)=O)c(-c3ccccc3)c(S(N)(=O)=O)c2c1. The Morgan fingerprint density at radius 2 is 1.25 bits per heavy atom. The molecule has 36 heavy (non-hydrogen) atoms. The Kier molecular flexibility index (Phi) is 6.83. The van der Waals surface area contributed by atoms with Gasteiger partial charge in [0.2, 0.25) is 20.0 Å². The quantitative estimate of drug-likeness (QED) is 0.284. The summed E-state index contributed by atoms with van der Waals surface area (Å²) < 4.78 is 62.2. The van der Waals surface area contributed by atoms with Gasteiger partial charge in [-0.1, -0.05) is 60.7 Å². The Morgan fingerprint density at radius 3 is 1.75 bits per heavy atom. The number of rotatable bonds is 6. The van der Waals surface area contributed by atoms with Crippen molar-refractivity contribution in [3.8, 4) is 28.0 Å². The van der Waals surface area contributed by atoms with E-state index in [0.717, 1.165) is 0 Å². The molecule has 4 N–H and O–H groups in total. The van der Waals surface area contributed by atoms with Crippen LogP contribution in [0.3, 0.4) is 0 Å². The number of primary sulfonamides is 2. The molecule has 0 atom stereocenters. The number of nitrogens with two attached hydrogens (primary N) is 2. The van der Waals surface area contributed by atoms with Gasteiger partial charge in [0.15, 0.2) is 0 Å². The molecule has 0 saturated heterocycles. The van der Waals surface area contributed by atoms with Crippen LogP contribution in [-0.2, 0) is 24.8 Å². The maximum absolute atomic E-state index is 13.1. The van der Waals surface area contributed by atoms with Gasteiger partial charge in [0.25, 0.3) is 0 Å². The van der Waals surface area contributed by atoms with Crippen molar-refractivity contribution < 1.29 is 31.1 Å². The van der Waals surface area contributed by atoms with Crippen LogP contribution < -0.4 is 15.0 Å². The van der Waals surface area contributed by atoms with Crippen molar-refractivity contribution in [2.24, 2.45) is 10.3 Å². The molecule has 0 fully saturated rings. The van der Waals surface area contributed by atoms with Crippen LogP contribution in [0.15, 0.2) is 88.7 Å². The number of sulfonamides is 2. The van der Waals surface area contributed by atoms with Crippen molar-refractivity contribution in [3.05, 3.63) is 78.9 Å². The number of hydrogen-bond donors (Lipinski definition) is 2. The lowest BCUT2D eigenvalue weighted by Crippen LogP contribution is -2.20. The molecule has 4 aromatic carbocycles. The van der Waals surface area contributed by atoms with Gasteiger partial charge >= 0.3 is 6.16 Å². The van der Waals surface area contributed by atoms with Crippen molar-refractivity contribution in [1.82, 2.24) is 0 Å². The average molecular weight is 527 g/mol. The molecule has 0 amide bonds. The highest BCUT2D eigenvalue weighted by Crippen LogP contribution is 2.46. The largest absolute Gasteiger partial charge is 0.513 e. The monoisotopic (exact) mass is 526 g/mol. The highest BCUT2D eigenvalue weighted by molar-refractivity contribution is 7.90. The molecule has 4 rings (SSSR count). The summed E-state index contributed by atoms with van der Waals surface area (Å²) in [5.74, 6) is -0.0211. The van der Waals surface area contributed by atoms with Crippen LogP contribution in [0.1, 0.15) is 6.92 Å². The van der Waals surface area contributed by atoms with Gasteiger partial charge in [0.05, 0.1) is 16.4 Å². The first-order valence-electron chi connectivity index (χ1n) is 10.7. The molecule has 186 valence electrons. The molecule has 0 aliphatic rings. The van der Waals surface area contributed by atoms with E-state index in [1.54, 1.807) is 67.6 Å². The van der Waals surface area contributed by atoms with E-state index in [2.05, 4.69) is 0 Å². The van der Waals surface area contributed by atoms with Gasteiger partial charge < -0.3 is 9.47 Å². The summed E-state index contributed by atoms with van der Waals surface area (Å²) in [6.45, 7) is 1.68. The summed E-state index contributed by atoms with van der Waals surface area (Å²) in [4.78, 5) is 11.0. The second-order valence-electron chi connectivity index (χ2n) is 7.72. The third kappa shape index (κ3) is 4.95.